The Bertz CT molecular complexity index is 619. The highest BCUT2D eigenvalue weighted by Crippen LogP contribution is 2.28. The molecular formula is C12H10ClN3O. The maximum atomic E-state index is 11.5. The van der Waals surface area contributed by atoms with Crippen LogP contribution in [0.25, 0.3) is 11.3 Å². The first-order valence-electron chi connectivity index (χ1n) is 5.37. The van der Waals surface area contributed by atoms with Crippen LogP contribution in [0.3, 0.4) is 0 Å². The molecule has 2 N–H and O–H groups in total. The van der Waals surface area contributed by atoms with Crippen molar-refractivity contribution in [3.63, 3.8) is 0 Å². The lowest BCUT2D eigenvalue weighted by molar-refractivity contribution is 1.06. The summed E-state index contributed by atoms with van der Waals surface area (Å²) in [4.78, 5) is 18.2. The summed E-state index contributed by atoms with van der Waals surface area (Å²) in [5.41, 5.74) is 2.52. The molecule has 0 fully saturated rings. The number of nitrogens with zero attached hydrogens (tertiary/aromatic N) is 1. The SMILES string of the molecule is O=c1nc2c(c(-c3ccc(Cl)cc3)[nH]1)CCN2. The molecule has 0 bridgehead atoms. The third kappa shape index (κ3) is 1.80. The fraction of sp³-hybridized carbons (Fsp3) is 0.167. The number of halogens is 1. The number of aromatic amines is 1. The minimum absolute atomic E-state index is 0.330. The van der Waals surface area contributed by atoms with E-state index in [0.717, 1.165) is 29.8 Å². The Labute approximate surface area is 103 Å². The van der Waals surface area contributed by atoms with Gasteiger partial charge in [-0.1, -0.05) is 23.7 Å². The van der Waals surface area contributed by atoms with Gasteiger partial charge < -0.3 is 10.3 Å². The van der Waals surface area contributed by atoms with E-state index >= 15 is 0 Å². The van der Waals surface area contributed by atoms with Crippen molar-refractivity contribution in [2.45, 2.75) is 6.42 Å². The molecule has 2 heterocycles. The van der Waals surface area contributed by atoms with Crippen molar-refractivity contribution in [2.75, 3.05) is 11.9 Å². The molecule has 1 aliphatic rings. The minimum Gasteiger partial charge on any atom is -0.369 e. The molecule has 0 amide bonds. The third-order valence-electron chi connectivity index (χ3n) is 2.83. The first-order valence-corrected chi connectivity index (χ1v) is 5.75. The number of benzene rings is 1. The first-order chi connectivity index (χ1) is 8.24. The van der Waals surface area contributed by atoms with Crippen molar-refractivity contribution in [2.24, 2.45) is 0 Å². The summed E-state index contributed by atoms with van der Waals surface area (Å²) in [6.45, 7) is 0.820. The van der Waals surface area contributed by atoms with Crippen LogP contribution in [-0.4, -0.2) is 16.5 Å². The van der Waals surface area contributed by atoms with Gasteiger partial charge in [0, 0.05) is 17.1 Å². The van der Waals surface area contributed by atoms with Gasteiger partial charge >= 0.3 is 5.69 Å². The molecule has 0 aliphatic carbocycles. The van der Waals surface area contributed by atoms with Crippen LogP contribution in [0.2, 0.25) is 5.02 Å². The predicted octanol–water partition coefficient (Wildman–Crippen LogP) is 2.06. The van der Waals surface area contributed by atoms with Crippen molar-refractivity contribution in [3.05, 3.63) is 45.3 Å². The van der Waals surface area contributed by atoms with Crippen LogP contribution < -0.4 is 11.0 Å². The zero-order valence-corrected chi connectivity index (χ0v) is 9.71. The molecule has 17 heavy (non-hydrogen) atoms. The number of hydrogen-bond acceptors (Lipinski definition) is 3. The lowest BCUT2D eigenvalue weighted by atomic mass is 10.1. The number of rotatable bonds is 1. The van der Waals surface area contributed by atoms with Gasteiger partial charge in [-0.15, -0.1) is 0 Å². The van der Waals surface area contributed by atoms with E-state index < -0.39 is 0 Å². The van der Waals surface area contributed by atoms with Crippen LogP contribution in [0.5, 0.6) is 0 Å². The van der Waals surface area contributed by atoms with Crippen LogP contribution in [0.4, 0.5) is 5.82 Å². The fourth-order valence-corrected chi connectivity index (χ4v) is 2.18. The van der Waals surface area contributed by atoms with Gasteiger partial charge in [-0.25, -0.2) is 4.79 Å². The average Bonchev–Trinajstić information content (AvgIpc) is 2.77. The summed E-state index contributed by atoms with van der Waals surface area (Å²) in [5, 5.41) is 3.79. The summed E-state index contributed by atoms with van der Waals surface area (Å²) in [6.07, 6.45) is 0.872. The van der Waals surface area contributed by atoms with Gasteiger partial charge in [0.25, 0.3) is 0 Å². The van der Waals surface area contributed by atoms with Gasteiger partial charge in [0.05, 0.1) is 5.69 Å². The average molecular weight is 248 g/mol. The summed E-state index contributed by atoms with van der Waals surface area (Å²) < 4.78 is 0. The number of H-pyrrole nitrogens is 1. The summed E-state index contributed by atoms with van der Waals surface area (Å²) >= 11 is 5.85. The second kappa shape index (κ2) is 3.89. The molecule has 0 saturated carbocycles. The number of hydrogen-bond donors (Lipinski definition) is 2. The summed E-state index contributed by atoms with van der Waals surface area (Å²) in [7, 11) is 0. The van der Waals surface area contributed by atoms with Crippen molar-refractivity contribution in [1.29, 1.82) is 0 Å². The smallest absolute Gasteiger partial charge is 0.347 e. The Kier molecular flexibility index (Phi) is 2.37. The van der Waals surface area contributed by atoms with E-state index in [4.69, 9.17) is 11.6 Å². The van der Waals surface area contributed by atoms with E-state index in [0.29, 0.717) is 10.8 Å². The van der Waals surface area contributed by atoms with Gasteiger partial charge in [0.1, 0.15) is 5.82 Å². The van der Waals surface area contributed by atoms with Crippen LogP contribution in [-0.2, 0) is 6.42 Å². The lowest BCUT2D eigenvalue weighted by Crippen LogP contribution is -2.13. The lowest BCUT2D eigenvalue weighted by Gasteiger charge is -2.06. The maximum absolute atomic E-state index is 11.5. The van der Waals surface area contributed by atoms with Crippen molar-refractivity contribution < 1.29 is 0 Å². The molecule has 3 rings (SSSR count). The summed E-state index contributed by atoms with van der Waals surface area (Å²) in [6, 6.07) is 7.41. The Morgan fingerprint density at radius 2 is 2.00 bits per heavy atom. The number of nitrogens with one attached hydrogen (secondary N) is 2. The predicted molar refractivity (Wildman–Crippen MR) is 67.5 cm³/mol. The Balaban J connectivity index is 2.21. The second-order valence-electron chi connectivity index (χ2n) is 3.93. The van der Waals surface area contributed by atoms with E-state index in [-0.39, 0.29) is 5.69 Å². The van der Waals surface area contributed by atoms with E-state index in [1.165, 1.54) is 0 Å². The molecule has 0 unspecified atom stereocenters. The van der Waals surface area contributed by atoms with E-state index in [1.807, 2.05) is 24.3 Å². The largest absolute Gasteiger partial charge is 0.369 e. The van der Waals surface area contributed by atoms with Gasteiger partial charge in [0.2, 0.25) is 0 Å². The highest BCUT2D eigenvalue weighted by Gasteiger charge is 2.18. The van der Waals surface area contributed by atoms with E-state index in [9.17, 15) is 4.79 Å². The minimum atomic E-state index is -0.330. The molecule has 4 nitrogen and oxygen atoms in total. The van der Waals surface area contributed by atoms with Crippen LogP contribution in [0.15, 0.2) is 29.1 Å². The van der Waals surface area contributed by atoms with Crippen LogP contribution >= 0.6 is 11.6 Å². The molecule has 5 heteroatoms. The van der Waals surface area contributed by atoms with Gasteiger partial charge in [-0.3, -0.25) is 0 Å². The third-order valence-corrected chi connectivity index (χ3v) is 3.09. The molecule has 1 aromatic carbocycles. The van der Waals surface area contributed by atoms with Crippen LogP contribution in [0, 0.1) is 0 Å². The molecule has 86 valence electrons. The van der Waals surface area contributed by atoms with Gasteiger partial charge in [-0.05, 0) is 24.1 Å². The second-order valence-corrected chi connectivity index (χ2v) is 4.36. The number of anilines is 1. The summed E-state index contributed by atoms with van der Waals surface area (Å²) in [5.74, 6) is 0.693. The van der Waals surface area contributed by atoms with Gasteiger partial charge in [-0.2, -0.15) is 4.98 Å². The molecule has 1 aliphatic heterocycles. The molecule has 0 spiro atoms. The van der Waals surface area contributed by atoms with Crippen molar-refractivity contribution in [3.8, 4) is 11.3 Å². The van der Waals surface area contributed by atoms with E-state index in [2.05, 4.69) is 15.3 Å². The molecule has 0 atom stereocenters. The normalized spacial score (nSPS) is 13.2. The Morgan fingerprint density at radius 3 is 2.76 bits per heavy atom. The number of fused-ring (bicyclic) bond motifs is 1. The zero-order chi connectivity index (χ0) is 11.8. The maximum Gasteiger partial charge on any atom is 0.347 e. The van der Waals surface area contributed by atoms with E-state index in [1.54, 1.807) is 0 Å². The van der Waals surface area contributed by atoms with Crippen molar-refractivity contribution >= 4 is 17.4 Å². The standard InChI is InChI=1S/C12H10ClN3O/c13-8-3-1-7(2-4-8)10-9-5-6-14-11(9)16-12(17)15-10/h1-4H,5-6H2,(H2,14,15,16,17). The molecular weight excluding hydrogens is 238 g/mol. The number of aromatic nitrogens is 2. The highest BCUT2D eigenvalue weighted by molar-refractivity contribution is 6.30. The van der Waals surface area contributed by atoms with Crippen LogP contribution in [0.1, 0.15) is 5.56 Å². The molecule has 0 saturated heterocycles. The highest BCUT2D eigenvalue weighted by atomic mass is 35.5. The fourth-order valence-electron chi connectivity index (χ4n) is 2.06. The quantitative estimate of drug-likeness (QED) is 0.811. The molecule has 2 aromatic rings. The zero-order valence-electron chi connectivity index (χ0n) is 8.96. The molecule has 1 aromatic heterocycles. The Hall–Kier alpha value is -1.81. The van der Waals surface area contributed by atoms with Gasteiger partial charge in [0.15, 0.2) is 0 Å². The monoisotopic (exact) mass is 247 g/mol. The topological polar surface area (TPSA) is 57.8 Å². The van der Waals surface area contributed by atoms with Crippen molar-refractivity contribution in [1.82, 2.24) is 9.97 Å². The molecule has 0 radical (unpaired) electrons. The Morgan fingerprint density at radius 1 is 1.24 bits per heavy atom. The first kappa shape index (κ1) is 10.4.